The number of carbonyl (C=O) groups excluding carboxylic acids is 1. The number of rotatable bonds is 2. The van der Waals surface area contributed by atoms with Gasteiger partial charge in [-0.05, 0) is 18.9 Å². The molecule has 1 fully saturated rings. The van der Waals surface area contributed by atoms with Gasteiger partial charge in [-0.15, -0.1) is 0 Å². The van der Waals surface area contributed by atoms with Gasteiger partial charge in [0.1, 0.15) is 0 Å². The van der Waals surface area contributed by atoms with Crippen LogP contribution in [0.25, 0.3) is 0 Å². The molecule has 3 nitrogen and oxygen atoms in total. The molecule has 1 rings (SSSR count). The highest BCUT2D eigenvalue weighted by atomic mass is 16.5. The summed E-state index contributed by atoms with van der Waals surface area (Å²) in [6.45, 7) is 4.83. The van der Waals surface area contributed by atoms with Gasteiger partial charge < -0.3 is 10.1 Å². The normalized spacial score (nSPS) is 24.2. The molecule has 1 N–H and O–H groups in total. The summed E-state index contributed by atoms with van der Waals surface area (Å²) in [5.74, 6) is -0.111. The van der Waals surface area contributed by atoms with Crippen molar-refractivity contribution >= 4 is 5.91 Å². The predicted octanol–water partition coefficient (Wildman–Crippen LogP) is 0.468. The van der Waals surface area contributed by atoms with Crippen molar-refractivity contribution in [1.29, 1.82) is 0 Å². The molecule has 0 aromatic heterocycles. The van der Waals surface area contributed by atoms with Crippen LogP contribution in [0.1, 0.15) is 12.8 Å². The fourth-order valence-electron chi connectivity index (χ4n) is 1.11. The smallest absolute Gasteiger partial charge is 0.243 e. The zero-order valence-corrected chi connectivity index (χ0v) is 6.51. The van der Waals surface area contributed by atoms with E-state index < -0.39 is 0 Å². The summed E-state index contributed by atoms with van der Waals surface area (Å²) in [5, 5.41) is 2.79. The van der Waals surface area contributed by atoms with E-state index in [1.165, 1.54) is 6.08 Å². The van der Waals surface area contributed by atoms with E-state index in [1.54, 1.807) is 0 Å². The van der Waals surface area contributed by atoms with E-state index in [4.69, 9.17) is 4.74 Å². The molecule has 1 amide bonds. The molecule has 0 aliphatic carbocycles. The first-order valence-corrected chi connectivity index (χ1v) is 3.83. The Hall–Kier alpha value is -0.830. The van der Waals surface area contributed by atoms with Crippen LogP contribution in [0, 0.1) is 0 Å². The highest BCUT2D eigenvalue weighted by Gasteiger charge is 2.13. The Labute approximate surface area is 66.4 Å². The average molecular weight is 155 g/mol. The summed E-state index contributed by atoms with van der Waals surface area (Å²) < 4.78 is 5.18. The van der Waals surface area contributed by atoms with E-state index in [9.17, 15) is 4.79 Å². The molecule has 0 unspecified atom stereocenters. The lowest BCUT2D eigenvalue weighted by Gasteiger charge is -2.22. The molecule has 0 aromatic carbocycles. The Bertz CT molecular complexity index is 150. The first-order chi connectivity index (χ1) is 5.33. The van der Waals surface area contributed by atoms with Crippen molar-refractivity contribution in [3.63, 3.8) is 0 Å². The lowest BCUT2D eigenvalue weighted by atomic mass is 10.1. The highest BCUT2D eigenvalue weighted by Crippen LogP contribution is 2.05. The third-order valence-corrected chi connectivity index (χ3v) is 1.69. The third-order valence-electron chi connectivity index (χ3n) is 1.69. The lowest BCUT2D eigenvalue weighted by Crippen LogP contribution is -2.39. The number of nitrogens with one attached hydrogen (secondary N) is 1. The van der Waals surface area contributed by atoms with Gasteiger partial charge in [0, 0.05) is 6.61 Å². The summed E-state index contributed by atoms with van der Waals surface area (Å²) in [4.78, 5) is 10.8. The largest absolute Gasteiger partial charge is 0.379 e. The summed E-state index contributed by atoms with van der Waals surface area (Å²) in [6, 6.07) is 0.189. The number of hydrogen-bond acceptors (Lipinski definition) is 2. The summed E-state index contributed by atoms with van der Waals surface area (Å²) >= 11 is 0. The van der Waals surface area contributed by atoms with Crippen LogP contribution >= 0.6 is 0 Å². The molecule has 1 aliphatic heterocycles. The van der Waals surface area contributed by atoms with Gasteiger partial charge in [-0.2, -0.15) is 0 Å². The van der Waals surface area contributed by atoms with Crippen molar-refractivity contribution in [2.75, 3.05) is 13.2 Å². The van der Waals surface area contributed by atoms with Crippen molar-refractivity contribution in [3.05, 3.63) is 12.7 Å². The average Bonchev–Trinajstić information content (AvgIpc) is 2.06. The van der Waals surface area contributed by atoms with Crippen LogP contribution in [0.2, 0.25) is 0 Å². The molecule has 1 aliphatic rings. The van der Waals surface area contributed by atoms with Gasteiger partial charge in [-0.3, -0.25) is 4.79 Å². The lowest BCUT2D eigenvalue weighted by molar-refractivity contribution is -0.118. The predicted molar refractivity (Wildman–Crippen MR) is 42.2 cm³/mol. The number of amides is 1. The molecular weight excluding hydrogens is 142 g/mol. The standard InChI is InChI=1S/C8H13NO2/c1-2-8(10)9-7-4-3-5-11-6-7/h2,7H,1,3-6H2,(H,9,10)/t7-/m1/s1. The van der Waals surface area contributed by atoms with E-state index in [-0.39, 0.29) is 11.9 Å². The molecule has 3 heteroatoms. The first-order valence-electron chi connectivity index (χ1n) is 3.83. The summed E-state index contributed by atoms with van der Waals surface area (Å²) in [6.07, 6.45) is 3.33. The maximum atomic E-state index is 10.8. The topological polar surface area (TPSA) is 38.3 Å². The quantitative estimate of drug-likeness (QED) is 0.588. The molecule has 0 radical (unpaired) electrons. The number of ether oxygens (including phenoxy) is 1. The van der Waals surface area contributed by atoms with Crippen LogP contribution in [0.5, 0.6) is 0 Å². The van der Waals surface area contributed by atoms with Gasteiger partial charge in [-0.1, -0.05) is 6.58 Å². The minimum Gasteiger partial charge on any atom is -0.379 e. The molecule has 0 aromatic rings. The maximum Gasteiger partial charge on any atom is 0.243 e. The van der Waals surface area contributed by atoms with Crippen LogP contribution in [0.3, 0.4) is 0 Å². The van der Waals surface area contributed by atoms with Crippen molar-refractivity contribution in [3.8, 4) is 0 Å². The molecule has 1 atom stereocenters. The van der Waals surface area contributed by atoms with Gasteiger partial charge in [0.15, 0.2) is 0 Å². The van der Waals surface area contributed by atoms with E-state index in [0.717, 1.165) is 19.4 Å². The van der Waals surface area contributed by atoms with Crippen molar-refractivity contribution in [2.45, 2.75) is 18.9 Å². The monoisotopic (exact) mass is 155 g/mol. The Kier molecular flexibility index (Phi) is 3.11. The molecule has 1 heterocycles. The van der Waals surface area contributed by atoms with Gasteiger partial charge >= 0.3 is 0 Å². The van der Waals surface area contributed by atoms with Crippen LogP contribution in [0.4, 0.5) is 0 Å². The highest BCUT2D eigenvalue weighted by molar-refractivity contribution is 5.87. The van der Waals surface area contributed by atoms with Crippen LogP contribution in [-0.4, -0.2) is 25.2 Å². The van der Waals surface area contributed by atoms with Crippen molar-refractivity contribution < 1.29 is 9.53 Å². The van der Waals surface area contributed by atoms with Crippen molar-refractivity contribution in [2.24, 2.45) is 0 Å². The molecule has 1 saturated heterocycles. The molecule has 0 spiro atoms. The van der Waals surface area contributed by atoms with Crippen LogP contribution in [0.15, 0.2) is 12.7 Å². The third kappa shape index (κ3) is 2.72. The van der Waals surface area contributed by atoms with Crippen LogP contribution in [-0.2, 0) is 9.53 Å². The van der Waals surface area contributed by atoms with Crippen LogP contribution < -0.4 is 5.32 Å². The van der Waals surface area contributed by atoms with Crippen molar-refractivity contribution in [1.82, 2.24) is 5.32 Å². The minimum atomic E-state index is -0.111. The van der Waals surface area contributed by atoms with E-state index >= 15 is 0 Å². The number of carbonyl (C=O) groups is 1. The van der Waals surface area contributed by atoms with Gasteiger partial charge in [0.05, 0.1) is 12.6 Å². The second kappa shape index (κ2) is 4.13. The molecular formula is C8H13NO2. The maximum absolute atomic E-state index is 10.8. The molecule has 0 bridgehead atoms. The molecule has 11 heavy (non-hydrogen) atoms. The molecule has 0 saturated carbocycles. The Balaban J connectivity index is 2.24. The zero-order chi connectivity index (χ0) is 8.10. The second-order valence-corrected chi connectivity index (χ2v) is 2.63. The Morgan fingerprint density at radius 3 is 3.09 bits per heavy atom. The second-order valence-electron chi connectivity index (χ2n) is 2.63. The zero-order valence-electron chi connectivity index (χ0n) is 6.51. The van der Waals surface area contributed by atoms with Gasteiger partial charge in [0.25, 0.3) is 0 Å². The van der Waals surface area contributed by atoms with E-state index in [0.29, 0.717) is 6.61 Å². The fraction of sp³-hybridized carbons (Fsp3) is 0.625. The SMILES string of the molecule is C=CC(=O)N[C@@H]1CCCOC1. The molecule has 62 valence electrons. The Morgan fingerprint density at radius 2 is 2.55 bits per heavy atom. The number of hydrogen-bond donors (Lipinski definition) is 1. The van der Waals surface area contributed by atoms with Gasteiger partial charge in [0.2, 0.25) is 5.91 Å². The van der Waals surface area contributed by atoms with Gasteiger partial charge in [-0.25, -0.2) is 0 Å². The minimum absolute atomic E-state index is 0.111. The summed E-state index contributed by atoms with van der Waals surface area (Å²) in [5.41, 5.74) is 0. The van der Waals surface area contributed by atoms with E-state index in [1.807, 2.05) is 0 Å². The van der Waals surface area contributed by atoms with E-state index in [2.05, 4.69) is 11.9 Å². The summed E-state index contributed by atoms with van der Waals surface area (Å²) in [7, 11) is 0. The Morgan fingerprint density at radius 1 is 1.73 bits per heavy atom. The fourth-order valence-corrected chi connectivity index (χ4v) is 1.11. The first kappa shape index (κ1) is 8.27.